The van der Waals surface area contributed by atoms with Crippen molar-refractivity contribution in [3.63, 3.8) is 0 Å². The zero-order valence-electron chi connectivity index (χ0n) is 27.8. The van der Waals surface area contributed by atoms with E-state index in [0.717, 1.165) is 36.9 Å². The molecule has 0 spiro atoms. The van der Waals surface area contributed by atoms with Crippen molar-refractivity contribution in [2.24, 2.45) is 5.92 Å². The predicted octanol–water partition coefficient (Wildman–Crippen LogP) is 7.12. The highest BCUT2D eigenvalue weighted by Crippen LogP contribution is 2.40. The third-order valence-corrected chi connectivity index (χ3v) is 10.3. The summed E-state index contributed by atoms with van der Waals surface area (Å²) in [6, 6.07) is 12.9. The van der Waals surface area contributed by atoms with Crippen molar-refractivity contribution < 1.29 is 47.6 Å². The number of para-hydroxylation sites is 1. The number of carbonyl (C=O) groups excluding carboxylic acids is 1. The van der Waals surface area contributed by atoms with Gasteiger partial charge >= 0.3 is 12.1 Å². The number of carboxylic acid groups (broad SMARTS) is 1. The molecule has 0 radical (unpaired) electrons. The molecule has 3 aliphatic heterocycles. The van der Waals surface area contributed by atoms with E-state index in [-0.39, 0.29) is 51.8 Å². The third kappa shape index (κ3) is 7.68. The smallest absolute Gasteiger partial charge is 0.415 e. The molecule has 51 heavy (non-hydrogen) atoms. The fraction of sp³-hybridized carbons (Fsp3) is 0.324. The lowest BCUT2D eigenvalue weighted by Crippen LogP contribution is -2.53. The van der Waals surface area contributed by atoms with Crippen LogP contribution in [0.5, 0.6) is 11.5 Å². The molecule has 4 heterocycles. The van der Waals surface area contributed by atoms with Crippen LogP contribution in [0.25, 0.3) is 0 Å². The Bertz CT molecular complexity index is 1930. The molecule has 1 aromatic heterocycles. The molecule has 1 amide bonds. The monoisotopic (exact) mass is 742 g/mol. The van der Waals surface area contributed by atoms with Gasteiger partial charge in [0.1, 0.15) is 27.8 Å². The topological polar surface area (TPSA) is 113 Å². The Hall–Kier alpha value is -4.65. The molecule has 2 bridgehead atoms. The van der Waals surface area contributed by atoms with Crippen molar-refractivity contribution in [2.75, 3.05) is 38.8 Å². The molecule has 2 N–H and O–H groups in total. The van der Waals surface area contributed by atoms with Crippen molar-refractivity contribution in [3.05, 3.63) is 116 Å². The molecule has 10 nitrogen and oxygen atoms in total. The molecule has 4 aromatic rings. The highest BCUT2D eigenvalue weighted by molar-refractivity contribution is 6.35. The molecule has 0 aliphatic carbocycles. The van der Waals surface area contributed by atoms with E-state index >= 15 is 8.78 Å². The second kappa shape index (κ2) is 15.3. The number of carbonyl (C=O) groups is 2. The number of methoxy groups -OCH3 is 2. The van der Waals surface area contributed by atoms with E-state index < -0.39 is 35.2 Å². The van der Waals surface area contributed by atoms with Gasteiger partial charge in [0.15, 0.2) is 11.5 Å². The molecule has 2 atom stereocenters. The van der Waals surface area contributed by atoms with Crippen molar-refractivity contribution in [1.82, 2.24) is 4.90 Å². The van der Waals surface area contributed by atoms with Gasteiger partial charge in [-0.2, -0.15) is 0 Å². The SMILES string of the molecule is COc1ccc([C@H](Cc2c(Cl)c[n+](O)cc2Cl)c2c(F)cc(CN(C(=O)O[C@H]3CN4CCC3CC4)c3ccccc3F)cc2C(=O)O)cc1OC. The summed E-state index contributed by atoms with van der Waals surface area (Å²) in [4.78, 5) is 30.0. The number of fused-ring (bicyclic) bond motifs is 3. The lowest BCUT2D eigenvalue weighted by Gasteiger charge is -2.44. The van der Waals surface area contributed by atoms with Crippen molar-refractivity contribution in [2.45, 2.75) is 37.8 Å². The first-order valence-corrected chi connectivity index (χ1v) is 17.0. The zero-order chi connectivity index (χ0) is 36.4. The van der Waals surface area contributed by atoms with Crippen LogP contribution in [0.1, 0.15) is 51.4 Å². The number of rotatable bonds is 11. The first kappa shape index (κ1) is 36.2. The third-order valence-electron chi connectivity index (χ3n) is 9.61. The van der Waals surface area contributed by atoms with Gasteiger partial charge in [-0.1, -0.05) is 41.4 Å². The van der Waals surface area contributed by atoms with E-state index in [2.05, 4.69) is 4.90 Å². The maximum atomic E-state index is 16.7. The minimum atomic E-state index is -1.44. The number of carboxylic acids is 1. The number of ether oxygens (including phenoxy) is 3. The van der Waals surface area contributed by atoms with Gasteiger partial charge in [0.2, 0.25) is 12.4 Å². The fourth-order valence-corrected chi connectivity index (χ4v) is 7.64. The van der Waals surface area contributed by atoms with Crippen molar-refractivity contribution >= 4 is 41.0 Å². The molecule has 0 saturated carbocycles. The van der Waals surface area contributed by atoms with Crippen LogP contribution < -0.4 is 19.1 Å². The van der Waals surface area contributed by atoms with Crippen LogP contribution in [0.3, 0.4) is 0 Å². The van der Waals surface area contributed by atoms with E-state index in [1.54, 1.807) is 24.3 Å². The minimum Gasteiger partial charge on any atom is -0.493 e. The van der Waals surface area contributed by atoms with Crippen LogP contribution in [-0.4, -0.2) is 67.2 Å². The summed E-state index contributed by atoms with van der Waals surface area (Å²) in [5, 5.41) is 20.6. The van der Waals surface area contributed by atoms with Gasteiger partial charge in [-0.25, -0.2) is 18.4 Å². The Labute approximate surface area is 303 Å². The van der Waals surface area contributed by atoms with Gasteiger partial charge in [-0.05, 0) is 85.8 Å². The number of benzene rings is 3. The highest BCUT2D eigenvalue weighted by atomic mass is 35.5. The number of piperidine rings is 3. The largest absolute Gasteiger partial charge is 0.493 e. The lowest BCUT2D eigenvalue weighted by atomic mass is 9.82. The summed E-state index contributed by atoms with van der Waals surface area (Å²) in [6.07, 6.45) is 2.88. The number of hydrogen-bond donors (Lipinski definition) is 2. The maximum Gasteiger partial charge on any atom is 0.415 e. The minimum absolute atomic E-state index is 0.0615. The average Bonchev–Trinajstić information content (AvgIpc) is 3.11. The van der Waals surface area contributed by atoms with Crippen LogP contribution in [-0.2, 0) is 17.7 Å². The van der Waals surface area contributed by atoms with E-state index in [1.165, 1.54) is 50.9 Å². The lowest BCUT2D eigenvalue weighted by molar-refractivity contribution is -0.904. The zero-order valence-corrected chi connectivity index (χ0v) is 29.3. The predicted molar refractivity (Wildman–Crippen MR) is 184 cm³/mol. The second-order valence-electron chi connectivity index (χ2n) is 12.6. The Kier molecular flexibility index (Phi) is 10.8. The Morgan fingerprint density at radius 3 is 2.27 bits per heavy atom. The van der Waals surface area contributed by atoms with Crippen molar-refractivity contribution in [1.29, 1.82) is 0 Å². The summed E-state index contributed by atoms with van der Waals surface area (Å²) in [6.45, 7) is 2.03. The fourth-order valence-electron chi connectivity index (χ4n) is 7.03. The second-order valence-corrected chi connectivity index (χ2v) is 13.4. The molecule has 3 fully saturated rings. The summed E-state index contributed by atoms with van der Waals surface area (Å²) in [7, 11) is 2.89. The summed E-state index contributed by atoms with van der Waals surface area (Å²) >= 11 is 12.9. The first-order valence-electron chi connectivity index (χ1n) is 16.3. The molecule has 3 aromatic carbocycles. The number of halogens is 4. The molecular weight excluding hydrogens is 707 g/mol. The van der Waals surface area contributed by atoms with Crippen LogP contribution in [0.15, 0.2) is 67.0 Å². The van der Waals surface area contributed by atoms with Gasteiger partial charge in [0.05, 0.1) is 32.0 Å². The normalized spacial score (nSPS) is 18.6. The number of aromatic carboxylic acids is 1. The van der Waals surface area contributed by atoms with E-state index in [0.29, 0.717) is 33.9 Å². The van der Waals surface area contributed by atoms with E-state index in [4.69, 9.17) is 37.4 Å². The average molecular weight is 744 g/mol. The Morgan fingerprint density at radius 1 is 0.980 bits per heavy atom. The Balaban J connectivity index is 1.42. The molecular formula is C37H36Cl2F2N3O7+. The van der Waals surface area contributed by atoms with E-state index in [9.17, 15) is 19.9 Å². The molecule has 7 rings (SSSR count). The van der Waals surface area contributed by atoms with Gasteiger partial charge < -0.3 is 19.3 Å². The number of amides is 1. The number of anilines is 1. The molecule has 0 unspecified atom stereocenters. The quantitative estimate of drug-likeness (QED) is 0.123. The Morgan fingerprint density at radius 2 is 1.67 bits per heavy atom. The first-order chi connectivity index (χ1) is 24.5. The van der Waals surface area contributed by atoms with Gasteiger partial charge in [-0.15, -0.1) is 0 Å². The molecule has 3 aliphatic rings. The van der Waals surface area contributed by atoms with Crippen molar-refractivity contribution in [3.8, 4) is 11.5 Å². The van der Waals surface area contributed by atoms with Gasteiger partial charge in [0, 0.05) is 28.3 Å². The number of pyridine rings is 1. The van der Waals surface area contributed by atoms with Gasteiger partial charge in [-0.3, -0.25) is 15.0 Å². The van der Waals surface area contributed by atoms with Gasteiger partial charge in [0.25, 0.3) is 0 Å². The summed E-state index contributed by atoms with van der Waals surface area (Å²) < 4.78 is 49.3. The molecule has 14 heteroatoms. The van der Waals surface area contributed by atoms with Crippen LogP contribution in [0.4, 0.5) is 19.3 Å². The number of hydrogen-bond acceptors (Lipinski definition) is 7. The molecule has 268 valence electrons. The number of nitrogens with zero attached hydrogens (tertiary/aromatic N) is 3. The molecule has 3 saturated heterocycles. The summed E-state index contributed by atoms with van der Waals surface area (Å²) in [5.41, 5.74) is 0.171. The summed E-state index contributed by atoms with van der Waals surface area (Å²) in [5.74, 6) is -3.16. The maximum absolute atomic E-state index is 16.7. The number of aromatic nitrogens is 1. The van der Waals surface area contributed by atoms with Crippen LogP contribution in [0, 0.1) is 17.6 Å². The van der Waals surface area contributed by atoms with E-state index in [1.807, 2.05) is 0 Å². The standard InChI is InChI=1S/C37H35Cl2F2N3O7/c1-49-32-8-7-23(15-33(32)50-2)24(16-25-27(38)18-43(48)19-28(25)39)35-26(36(45)46)13-21(14-30(35)41)17-44(31-6-4-3-5-29(31)40)37(47)51-34-20-42-11-9-22(34)10-12-42/h3-8,13-15,18-19,22,24,34H,9-12,16-17,20H2,1-2H3,(H-,45,46,48)/p+1/t24-,34-/m0/s1. The van der Waals surface area contributed by atoms with Crippen LogP contribution >= 0.6 is 23.2 Å². The highest BCUT2D eigenvalue weighted by Gasteiger charge is 2.38. The van der Waals surface area contributed by atoms with Crippen LogP contribution in [0.2, 0.25) is 10.0 Å².